The summed E-state index contributed by atoms with van der Waals surface area (Å²) in [6.45, 7) is -1.10. The predicted molar refractivity (Wildman–Crippen MR) is 48.9 cm³/mol. The highest BCUT2D eigenvalue weighted by atomic mass is 16.8. The molecule has 0 fully saturated rings. The summed E-state index contributed by atoms with van der Waals surface area (Å²) in [5.41, 5.74) is 0. The van der Waals surface area contributed by atoms with Crippen LogP contribution in [0.4, 0.5) is 0 Å². The van der Waals surface area contributed by atoms with Crippen molar-refractivity contribution < 1.29 is 34.6 Å². The summed E-state index contributed by atoms with van der Waals surface area (Å²) in [7, 11) is 2.53. The maximum absolute atomic E-state index is 9.22. The number of rotatable bonds is 8. The highest BCUT2D eigenvalue weighted by Crippen LogP contribution is 2.08. The second-order valence-corrected chi connectivity index (χ2v) is 2.84. The first-order valence-corrected chi connectivity index (χ1v) is 4.39. The van der Waals surface area contributed by atoms with Crippen molar-refractivity contribution in [2.24, 2.45) is 0 Å². The molecule has 0 aromatic carbocycles. The van der Waals surface area contributed by atoms with Gasteiger partial charge in [-0.1, -0.05) is 0 Å². The van der Waals surface area contributed by atoms with E-state index in [2.05, 4.69) is 0 Å². The van der Waals surface area contributed by atoms with E-state index in [1.807, 2.05) is 0 Å². The topological polar surface area (TPSA) is 109 Å². The SMILES string of the molecule is COC(OC(OC)C(O)CO)C(O)CO. The first-order chi connectivity index (χ1) is 7.10. The molecule has 0 amide bonds. The maximum Gasteiger partial charge on any atom is 0.188 e. The molecule has 0 saturated heterocycles. The van der Waals surface area contributed by atoms with Crippen LogP contribution in [0.3, 0.4) is 0 Å². The predicted octanol–water partition coefficient (Wildman–Crippen LogP) is -2.35. The summed E-state index contributed by atoms with van der Waals surface area (Å²) in [5, 5.41) is 35.7. The van der Waals surface area contributed by atoms with Crippen molar-refractivity contribution in [2.75, 3.05) is 27.4 Å². The maximum atomic E-state index is 9.22. The Bertz CT molecular complexity index is 138. The number of aliphatic hydroxyl groups excluding tert-OH is 4. The van der Waals surface area contributed by atoms with Crippen molar-refractivity contribution in [2.45, 2.75) is 24.8 Å². The lowest BCUT2D eigenvalue weighted by molar-refractivity contribution is -0.287. The van der Waals surface area contributed by atoms with E-state index in [1.165, 1.54) is 14.2 Å². The summed E-state index contributed by atoms with van der Waals surface area (Å²) in [6, 6.07) is 0. The van der Waals surface area contributed by atoms with E-state index in [1.54, 1.807) is 0 Å². The molecule has 0 bridgehead atoms. The van der Waals surface area contributed by atoms with Gasteiger partial charge in [0, 0.05) is 14.2 Å². The third kappa shape index (κ3) is 4.85. The van der Waals surface area contributed by atoms with E-state index in [4.69, 9.17) is 24.4 Å². The van der Waals surface area contributed by atoms with Gasteiger partial charge in [0.15, 0.2) is 12.6 Å². The first-order valence-electron chi connectivity index (χ1n) is 4.39. The Hall–Kier alpha value is -0.280. The molecule has 0 aliphatic rings. The third-order valence-electron chi connectivity index (χ3n) is 1.74. The second kappa shape index (κ2) is 7.94. The zero-order valence-electron chi connectivity index (χ0n) is 8.74. The number of aliphatic hydroxyl groups is 4. The lowest BCUT2D eigenvalue weighted by atomic mass is 10.3. The van der Waals surface area contributed by atoms with E-state index < -0.39 is 38.0 Å². The Labute approximate surface area is 87.8 Å². The van der Waals surface area contributed by atoms with Gasteiger partial charge in [0.1, 0.15) is 12.2 Å². The number of hydrogen-bond acceptors (Lipinski definition) is 7. The molecule has 4 unspecified atom stereocenters. The van der Waals surface area contributed by atoms with Gasteiger partial charge < -0.3 is 34.6 Å². The molecule has 0 rings (SSSR count). The summed E-state index contributed by atoms with van der Waals surface area (Å²) in [5.74, 6) is 0. The largest absolute Gasteiger partial charge is 0.393 e. The summed E-state index contributed by atoms with van der Waals surface area (Å²) < 4.78 is 14.4. The molecule has 7 nitrogen and oxygen atoms in total. The van der Waals surface area contributed by atoms with Crippen LogP contribution in [0.5, 0.6) is 0 Å². The summed E-state index contributed by atoms with van der Waals surface area (Å²) >= 11 is 0. The molecule has 15 heavy (non-hydrogen) atoms. The van der Waals surface area contributed by atoms with Crippen molar-refractivity contribution in [3.63, 3.8) is 0 Å². The van der Waals surface area contributed by atoms with Crippen molar-refractivity contribution in [1.29, 1.82) is 0 Å². The fourth-order valence-electron chi connectivity index (χ4n) is 0.911. The molecule has 0 saturated carbocycles. The summed E-state index contributed by atoms with van der Waals surface area (Å²) in [6.07, 6.45) is -4.78. The van der Waals surface area contributed by atoms with Gasteiger partial charge in [-0.25, -0.2) is 0 Å². The Morgan fingerprint density at radius 2 is 1.20 bits per heavy atom. The monoisotopic (exact) mass is 226 g/mol. The van der Waals surface area contributed by atoms with Gasteiger partial charge in [-0.2, -0.15) is 0 Å². The van der Waals surface area contributed by atoms with Gasteiger partial charge in [0.25, 0.3) is 0 Å². The van der Waals surface area contributed by atoms with Crippen LogP contribution in [-0.4, -0.2) is 72.6 Å². The van der Waals surface area contributed by atoms with Crippen molar-refractivity contribution in [3.05, 3.63) is 0 Å². The molecule has 4 atom stereocenters. The average Bonchev–Trinajstić information content (AvgIpc) is 2.28. The molecule has 0 aliphatic carbocycles. The molecule has 4 N–H and O–H groups in total. The van der Waals surface area contributed by atoms with E-state index >= 15 is 0 Å². The number of hydrogen-bond donors (Lipinski definition) is 4. The van der Waals surface area contributed by atoms with Crippen LogP contribution in [0.1, 0.15) is 0 Å². The molecule has 92 valence electrons. The van der Waals surface area contributed by atoms with E-state index in [0.717, 1.165) is 0 Å². The highest BCUT2D eigenvalue weighted by Gasteiger charge is 2.27. The number of ether oxygens (including phenoxy) is 3. The third-order valence-corrected chi connectivity index (χ3v) is 1.74. The Morgan fingerprint density at radius 1 is 0.867 bits per heavy atom. The van der Waals surface area contributed by atoms with Crippen LogP contribution in [0, 0.1) is 0 Å². The van der Waals surface area contributed by atoms with Crippen LogP contribution in [0.2, 0.25) is 0 Å². The minimum absolute atomic E-state index is 0.551. The first kappa shape index (κ1) is 14.7. The molecule has 0 spiro atoms. The van der Waals surface area contributed by atoms with Gasteiger partial charge >= 0.3 is 0 Å². The van der Waals surface area contributed by atoms with E-state index in [-0.39, 0.29) is 0 Å². The van der Waals surface area contributed by atoms with Crippen molar-refractivity contribution in [1.82, 2.24) is 0 Å². The molecular formula is C8H18O7. The molecule has 0 heterocycles. The van der Waals surface area contributed by atoms with Crippen LogP contribution in [-0.2, 0) is 14.2 Å². The highest BCUT2D eigenvalue weighted by molar-refractivity contribution is 4.63. The molecular weight excluding hydrogens is 208 g/mol. The normalized spacial score (nSPS) is 19.6. The van der Waals surface area contributed by atoms with E-state index in [0.29, 0.717) is 0 Å². The zero-order valence-corrected chi connectivity index (χ0v) is 8.74. The smallest absolute Gasteiger partial charge is 0.188 e. The van der Waals surface area contributed by atoms with Crippen molar-refractivity contribution >= 4 is 0 Å². The lowest BCUT2D eigenvalue weighted by Gasteiger charge is -2.27. The fraction of sp³-hybridized carbons (Fsp3) is 1.00. The Kier molecular flexibility index (Phi) is 7.79. The lowest BCUT2D eigenvalue weighted by Crippen LogP contribution is -2.42. The molecule has 0 aliphatic heterocycles. The van der Waals surface area contributed by atoms with E-state index in [9.17, 15) is 10.2 Å². The van der Waals surface area contributed by atoms with Crippen molar-refractivity contribution in [3.8, 4) is 0 Å². The van der Waals surface area contributed by atoms with Crippen LogP contribution in [0.25, 0.3) is 0 Å². The molecule has 7 heteroatoms. The Morgan fingerprint density at radius 3 is 1.40 bits per heavy atom. The molecule has 0 aromatic rings. The zero-order chi connectivity index (χ0) is 11.8. The number of methoxy groups -OCH3 is 2. The van der Waals surface area contributed by atoms with Gasteiger partial charge in [0.05, 0.1) is 13.2 Å². The Balaban J connectivity index is 4.23. The standard InChI is InChI=1S/C8H18O7/c1-13-7(5(11)3-9)15-8(14-2)6(12)4-10/h5-12H,3-4H2,1-2H3. The quantitative estimate of drug-likeness (QED) is 0.343. The molecule has 0 aromatic heterocycles. The van der Waals surface area contributed by atoms with Crippen LogP contribution >= 0.6 is 0 Å². The van der Waals surface area contributed by atoms with Crippen LogP contribution in [0.15, 0.2) is 0 Å². The minimum Gasteiger partial charge on any atom is -0.393 e. The fourth-order valence-corrected chi connectivity index (χ4v) is 0.911. The molecule has 0 radical (unpaired) electrons. The van der Waals surface area contributed by atoms with Gasteiger partial charge in [-0.3, -0.25) is 0 Å². The average molecular weight is 226 g/mol. The van der Waals surface area contributed by atoms with Gasteiger partial charge in [-0.15, -0.1) is 0 Å². The van der Waals surface area contributed by atoms with Gasteiger partial charge in [-0.05, 0) is 0 Å². The van der Waals surface area contributed by atoms with Gasteiger partial charge in [0.2, 0.25) is 0 Å². The van der Waals surface area contributed by atoms with Crippen LogP contribution < -0.4 is 0 Å². The second-order valence-electron chi connectivity index (χ2n) is 2.84. The summed E-state index contributed by atoms with van der Waals surface area (Å²) in [4.78, 5) is 0. The minimum atomic E-state index is -1.25.